The van der Waals surface area contributed by atoms with Crippen LogP contribution in [0.15, 0.2) is 67.5 Å². The zero-order valence-electron chi connectivity index (χ0n) is 25.3. The molecule has 5 rings (SSSR count). The molecule has 2 aromatic heterocycles. The third-order valence-electron chi connectivity index (χ3n) is 7.53. The molecule has 0 saturated heterocycles. The third-order valence-corrected chi connectivity index (χ3v) is 7.53. The number of para-hydroxylation sites is 1. The van der Waals surface area contributed by atoms with Gasteiger partial charge in [-0.05, 0) is 57.9 Å². The lowest BCUT2D eigenvalue weighted by Gasteiger charge is -2.40. The van der Waals surface area contributed by atoms with E-state index in [1.807, 2.05) is 20.8 Å². The number of halogens is 2. The zero-order chi connectivity index (χ0) is 32.5. The first-order valence-electron chi connectivity index (χ1n) is 14.2. The summed E-state index contributed by atoms with van der Waals surface area (Å²) in [5.74, 6) is 0.231. The Morgan fingerprint density at radius 3 is 2.53 bits per heavy atom. The van der Waals surface area contributed by atoms with Crippen LogP contribution in [-0.2, 0) is 4.79 Å². The standard InChI is InChI=1S/C32H34F2N6O5/c1-6-27(41)36-23-15-22(25(44-5)16-26(23)45-18-32(12-13-32)40(30(42)43)31(2,3)4)38-29-35-14-11-21(37-29)20-17-39(28(33)34)24-10-8-7-9-19(20)24/h6-11,14-17,28H,1,12-13,18H2,2-5H3,(H,36,41)(H,42,43)(H,35,37,38). The number of carbonyl (C=O) groups excluding carboxylic acids is 1. The van der Waals surface area contributed by atoms with E-state index in [-0.39, 0.29) is 24.0 Å². The molecule has 1 fully saturated rings. The van der Waals surface area contributed by atoms with E-state index in [4.69, 9.17) is 9.47 Å². The van der Waals surface area contributed by atoms with Crippen LogP contribution in [0.25, 0.3) is 22.2 Å². The Morgan fingerprint density at radius 1 is 1.18 bits per heavy atom. The number of nitrogens with zero attached hydrogens (tertiary/aromatic N) is 4. The molecule has 2 aromatic carbocycles. The summed E-state index contributed by atoms with van der Waals surface area (Å²) in [4.78, 5) is 34.8. The van der Waals surface area contributed by atoms with Gasteiger partial charge in [-0.3, -0.25) is 14.3 Å². The molecule has 3 N–H and O–H groups in total. The van der Waals surface area contributed by atoms with Gasteiger partial charge in [0.1, 0.15) is 18.1 Å². The Balaban J connectivity index is 1.47. The fourth-order valence-corrected chi connectivity index (χ4v) is 5.48. The summed E-state index contributed by atoms with van der Waals surface area (Å²) in [6.45, 7) is 6.32. The van der Waals surface area contributed by atoms with Gasteiger partial charge >= 0.3 is 12.6 Å². The molecule has 1 aliphatic rings. The van der Waals surface area contributed by atoms with Crippen LogP contribution in [0.2, 0.25) is 0 Å². The number of carboxylic acid groups (broad SMARTS) is 1. The van der Waals surface area contributed by atoms with Gasteiger partial charge in [0, 0.05) is 34.9 Å². The molecular weight excluding hydrogens is 586 g/mol. The Hall–Kier alpha value is -5.20. The van der Waals surface area contributed by atoms with Crippen LogP contribution in [-0.4, -0.2) is 61.3 Å². The Labute approximate surface area is 258 Å². The molecule has 2 amide bonds. The number of methoxy groups -OCH3 is 1. The number of anilines is 3. The molecule has 45 heavy (non-hydrogen) atoms. The first-order chi connectivity index (χ1) is 21.4. The second-order valence-corrected chi connectivity index (χ2v) is 11.7. The number of nitrogens with one attached hydrogen (secondary N) is 2. The minimum absolute atomic E-state index is 0.0564. The molecule has 0 bridgehead atoms. The summed E-state index contributed by atoms with van der Waals surface area (Å²) in [5, 5.41) is 16.4. The summed E-state index contributed by atoms with van der Waals surface area (Å²) >= 11 is 0. The fourth-order valence-electron chi connectivity index (χ4n) is 5.48. The van der Waals surface area contributed by atoms with Gasteiger partial charge in [0.25, 0.3) is 0 Å². The molecule has 4 aromatic rings. The smallest absolute Gasteiger partial charge is 0.408 e. The van der Waals surface area contributed by atoms with E-state index in [2.05, 4.69) is 27.2 Å². The van der Waals surface area contributed by atoms with E-state index in [0.29, 0.717) is 46.4 Å². The number of alkyl halides is 2. The lowest BCUT2D eigenvalue weighted by Crippen LogP contribution is -2.55. The van der Waals surface area contributed by atoms with Crippen LogP contribution in [0.1, 0.15) is 40.2 Å². The molecular formula is C32H34F2N6O5. The summed E-state index contributed by atoms with van der Waals surface area (Å²) in [7, 11) is 1.46. The van der Waals surface area contributed by atoms with Crippen molar-refractivity contribution in [2.24, 2.45) is 0 Å². The van der Waals surface area contributed by atoms with Crippen molar-refractivity contribution in [3.63, 3.8) is 0 Å². The van der Waals surface area contributed by atoms with Gasteiger partial charge < -0.3 is 25.2 Å². The molecule has 1 saturated carbocycles. The van der Waals surface area contributed by atoms with Crippen LogP contribution < -0.4 is 20.1 Å². The van der Waals surface area contributed by atoms with Crippen molar-refractivity contribution in [1.82, 2.24) is 19.4 Å². The molecule has 0 aliphatic heterocycles. The number of ether oxygens (including phenoxy) is 2. The fraction of sp³-hybridized carbons (Fsp3) is 0.312. The molecule has 13 heteroatoms. The van der Waals surface area contributed by atoms with Gasteiger partial charge in [-0.15, -0.1) is 0 Å². The average molecular weight is 621 g/mol. The van der Waals surface area contributed by atoms with Crippen molar-refractivity contribution < 1.29 is 33.0 Å². The van der Waals surface area contributed by atoms with Crippen molar-refractivity contribution in [1.29, 1.82) is 0 Å². The summed E-state index contributed by atoms with van der Waals surface area (Å²) < 4.78 is 40.2. The van der Waals surface area contributed by atoms with Crippen LogP contribution in [0, 0.1) is 0 Å². The number of amides is 2. The number of carbonyl (C=O) groups is 2. The first kappa shape index (κ1) is 31.2. The minimum atomic E-state index is -2.73. The minimum Gasteiger partial charge on any atom is -0.494 e. The Kier molecular flexibility index (Phi) is 8.37. The molecule has 1 aliphatic carbocycles. The topological polar surface area (TPSA) is 131 Å². The first-order valence-corrected chi connectivity index (χ1v) is 14.2. The van der Waals surface area contributed by atoms with E-state index in [1.54, 1.807) is 42.5 Å². The van der Waals surface area contributed by atoms with E-state index in [0.717, 1.165) is 10.6 Å². The summed E-state index contributed by atoms with van der Waals surface area (Å²) in [5.41, 5.74) is 0.573. The number of aromatic nitrogens is 3. The molecule has 0 radical (unpaired) electrons. The van der Waals surface area contributed by atoms with Gasteiger partial charge in [0.15, 0.2) is 0 Å². The molecule has 0 unspecified atom stereocenters. The van der Waals surface area contributed by atoms with Gasteiger partial charge in [-0.1, -0.05) is 24.8 Å². The van der Waals surface area contributed by atoms with Gasteiger partial charge in [0.05, 0.1) is 35.2 Å². The van der Waals surface area contributed by atoms with Gasteiger partial charge in [-0.2, -0.15) is 8.78 Å². The molecule has 236 valence electrons. The zero-order valence-corrected chi connectivity index (χ0v) is 25.3. The normalized spacial score (nSPS) is 13.8. The van der Waals surface area contributed by atoms with Crippen LogP contribution in [0.5, 0.6) is 11.5 Å². The van der Waals surface area contributed by atoms with Crippen molar-refractivity contribution in [3.05, 3.63) is 67.5 Å². The van der Waals surface area contributed by atoms with Crippen LogP contribution >= 0.6 is 0 Å². The van der Waals surface area contributed by atoms with E-state index < -0.39 is 29.6 Å². The van der Waals surface area contributed by atoms with Gasteiger partial charge in [0.2, 0.25) is 11.9 Å². The molecule has 0 atom stereocenters. The number of hydrogen-bond acceptors (Lipinski definition) is 7. The Morgan fingerprint density at radius 2 is 1.91 bits per heavy atom. The second-order valence-electron chi connectivity index (χ2n) is 11.7. The lowest BCUT2D eigenvalue weighted by atomic mass is 10.0. The van der Waals surface area contributed by atoms with Gasteiger partial charge in [-0.25, -0.2) is 14.8 Å². The number of rotatable bonds is 11. The van der Waals surface area contributed by atoms with Crippen LogP contribution in [0.3, 0.4) is 0 Å². The molecule has 0 spiro atoms. The number of fused-ring (bicyclic) bond motifs is 1. The highest BCUT2D eigenvalue weighted by Crippen LogP contribution is 2.47. The van der Waals surface area contributed by atoms with E-state index in [9.17, 15) is 23.5 Å². The van der Waals surface area contributed by atoms with E-state index in [1.165, 1.54) is 24.4 Å². The van der Waals surface area contributed by atoms with Crippen molar-refractivity contribution in [2.45, 2.75) is 51.2 Å². The maximum absolute atomic E-state index is 13.7. The monoisotopic (exact) mass is 620 g/mol. The quantitative estimate of drug-likeness (QED) is 0.152. The third kappa shape index (κ3) is 6.37. The SMILES string of the molecule is C=CC(=O)Nc1cc(Nc2nccc(-c3cn(C(F)F)c4ccccc34)n2)c(OC)cc1OCC1(N(C(=O)O)C(C)(C)C)CC1. The predicted octanol–water partition coefficient (Wildman–Crippen LogP) is 7.06. The second kappa shape index (κ2) is 12.1. The lowest BCUT2D eigenvalue weighted by molar-refractivity contribution is -0.111. The summed E-state index contributed by atoms with van der Waals surface area (Å²) in [6.07, 6.45) is 4.19. The average Bonchev–Trinajstić information content (AvgIpc) is 3.64. The summed E-state index contributed by atoms with van der Waals surface area (Å²) in [6, 6.07) is 11.6. The predicted molar refractivity (Wildman–Crippen MR) is 166 cm³/mol. The van der Waals surface area contributed by atoms with E-state index >= 15 is 0 Å². The highest BCUT2D eigenvalue weighted by atomic mass is 19.3. The van der Waals surface area contributed by atoms with Crippen molar-refractivity contribution >= 4 is 40.2 Å². The number of benzene rings is 2. The highest BCUT2D eigenvalue weighted by Gasteiger charge is 2.55. The molecule has 2 heterocycles. The van der Waals surface area contributed by atoms with Crippen LogP contribution in [0.4, 0.5) is 30.9 Å². The Bertz CT molecular complexity index is 1760. The maximum atomic E-state index is 13.7. The highest BCUT2D eigenvalue weighted by molar-refractivity contribution is 6.00. The van der Waals surface area contributed by atoms with Crippen molar-refractivity contribution in [3.8, 4) is 22.8 Å². The van der Waals surface area contributed by atoms with Crippen molar-refractivity contribution in [2.75, 3.05) is 24.4 Å². The number of hydrogen-bond donors (Lipinski definition) is 3. The molecule has 11 nitrogen and oxygen atoms in total. The maximum Gasteiger partial charge on any atom is 0.408 e. The largest absolute Gasteiger partial charge is 0.494 e.